The van der Waals surface area contributed by atoms with Crippen LogP contribution in [0.5, 0.6) is 0 Å². The molecule has 0 aromatic heterocycles. The molecule has 0 radical (unpaired) electrons. The van der Waals surface area contributed by atoms with Gasteiger partial charge in [-0.3, -0.25) is 0 Å². The van der Waals surface area contributed by atoms with Gasteiger partial charge in [0.1, 0.15) is 0 Å². The van der Waals surface area contributed by atoms with Gasteiger partial charge in [0.05, 0.1) is 11.6 Å². The molecule has 0 atom stereocenters. The van der Waals surface area contributed by atoms with Gasteiger partial charge in [0.25, 0.3) is 0 Å². The normalized spacial score (nSPS) is 10.8. The van der Waals surface area contributed by atoms with Crippen LogP contribution in [0.3, 0.4) is 0 Å². The summed E-state index contributed by atoms with van der Waals surface area (Å²) in [7, 11) is 0. The Labute approximate surface area is 89.0 Å². The van der Waals surface area contributed by atoms with Crippen LogP contribution in [0.2, 0.25) is 0 Å². The van der Waals surface area contributed by atoms with Crippen molar-refractivity contribution in [2.75, 3.05) is 0 Å². The second kappa shape index (κ2) is 3.66. The van der Waals surface area contributed by atoms with Crippen molar-refractivity contribution in [1.29, 1.82) is 5.26 Å². The molecule has 0 saturated heterocycles. The minimum Gasteiger partial charge on any atom is -0.192 e. The molecule has 62 valence electrons. The predicted octanol–water partition coefficient (Wildman–Crippen LogP) is 3.54. The Morgan fingerprint density at radius 1 is 1.33 bits per heavy atom. The maximum atomic E-state index is 8.69. The average molecular weight is 265 g/mol. The molecule has 0 fully saturated rings. The van der Waals surface area contributed by atoms with Crippen molar-refractivity contribution >= 4 is 39.1 Å². The van der Waals surface area contributed by atoms with E-state index in [0.29, 0.717) is 11.1 Å². The third kappa shape index (κ3) is 2.13. The molecule has 1 aromatic carbocycles. The Hall–Kier alpha value is -0.230. The molecule has 4 heteroatoms. The van der Waals surface area contributed by atoms with Gasteiger partial charge in [0.15, 0.2) is 3.24 Å². The maximum absolute atomic E-state index is 8.69. The topological polar surface area (TPSA) is 23.8 Å². The number of alkyl halides is 3. The lowest BCUT2D eigenvalue weighted by atomic mass is 10.1. The number of hydrogen-bond donors (Lipinski definition) is 0. The molecule has 1 nitrogen and oxygen atoms in total. The van der Waals surface area contributed by atoms with Gasteiger partial charge in [0.2, 0.25) is 0 Å². The van der Waals surface area contributed by atoms with Crippen LogP contribution >= 0.6 is 39.1 Å². The first kappa shape index (κ1) is 9.85. The summed E-state index contributed by atoms with van der Waals surface area (Å²) >= 11 is 14.6. The smallest absolute Gasteiger partial charge is 0.192 e. The molecular weight excluding hydrogens is 261 g/mol. The molecule has 0 saturated carbocycles. The van der Waals surface area contributed by atoms with E-state index in [1.165, 1.54) is 0 Å². The summed E-state index contributed by atoms with van der Waals surface area (Å²) in [5, 5.41) is 8.69. The summed E-state index contributed by atoms with van der Waals surface area (Å²) in [6.07, 6.45) is 0. The maximum Gasteiger partial charge on any atom is 0.198 e. The van der Waals surface area contributed by atoms with Crippen molar-refractivity contribution in [3.63, 3.8) is 0 Å². The number of nitrogens with zero attached hydrogens (tertiary/aromatic N) is 1. The molecule has 0 N–H and O–H groups in total. The van der Waals surface area contributed by atoms with Crippen molar-refractivity contribution in [2.24, 2.45) is 0 Å². The number of benzene rings is 1. The van der Waals surface area contributed by atoms with Crippen LogP contribution in [0.4, 0.5) is 0 Å². The molecule has 12 heavy (non-hydrogen) atoms. The molecule has 0 heterocycles. The highest BCUT2D eigenvalue weighted by atomic mass is 79.9. The van der Waals surface area contributed by atoms with Crippen LogP contribution in [-0.4, -0.2) is 0 Å². The lowest BCUT2D eigenvalue weighted by Crippen LogP contribution is -2.01. The summed E-state index contributed by atoms with van der Waals surface area (Å²) in [6.45, 7) is 0. The number of rotatable bonds is 1. The summed E-state index contributed by atoms with van der Waals surface area (Å²) in [6, 6.07) is 8.90. The summed E-state index contributed by atoms with van der Waals surface area (Å²) in [4.78, 5) is 0. The van der Waals surface area contributed by atoms with Gasteiger partial charge in [-0.1, -0.05) is 41.4 Å². The molecule has 1 aromatic rings. The van der Waals surface area contributed by atoms with Crippen molar-refractivity contribution in [3.8, 4) is 6.07 Å². The lowest BCUT2D eigenvalue weighted by molar-refractivity contribution is 1.26. The predicted molar refractivity (Wildman–Crippen MR) is 53.5 cm³/mol. The highest BCUT2D eigenvalue weighted by Gasteiger charge is 2.24. The first-order valence-electron chi connectivity index (χ1n) is 3.12. The monoisotopic (exact) mass is 263 g/mol. The molecule has 1 rings (SSSR count). The second-order valence-corrected chi connectivity index (χ2v) is 5.59. The van der Waals surface area contributed by atoms with Gasteiger partial charge in [-0.2, -0.15) is 5.26 Å². The fourth-order valence-corrected chi connectivity index (χ4v) is 1.50. The van der Waals surface area contributed by atoms with Gasteiger partial charge in [0, 0.05) is 5.56 Å². The summed E-state index contributed by atoms with van der Waals surface area (Å²) in [5.74, 6) is 0. The number of hydrogen-bond acceptors (Lipinski definition) is 1. The fraction of sp³-hybridized carbons (Fsp3) is 0.125. The standard InChI is InChI=1S/C8H4BrCl2N/c9-8(10,11)7-4-2-1-3-6(7)5-12/h1-4H. The van der Waals surface area contributed by atoms with Gasteiger partial charge >= 0.3 is 0 Å². The van der Waals surface area contributed by atoms with Crippen LogP contribution in [0, 0.1) is 11.3 Å². The van der Waals surface area contributed by atoms with E-state index in [-0.39, 0.29) is 0 Å². The highest BCUT2D eigenvalue weighted by molar-refractivity contribution is 9.10. The number of halogens is 3. The molecule has 0 aliphatic carbocycles. The van der Waals surface area contributed by atoms with Crippen LogP contribution in [0.25, 0.3) is 0 Å². The molecule has 0 amide bonds. The van der Waals surface area contributed by atoms with Gasteiger partial charge in [-0.15, -0.1) is 0 Å². The van der Waals surface area contributed by atoms with Crippen molar-refractivity contribution < 1.29 is 0 Å². The zero-order valence-corrected chi connectivity index (χ0v) is 8.99. The Morgan fingerprint density at radius 2 is 1.92 bits per heavy atom. The molecule has 0 spiro atoms. The van der Waals surface area contributed by atoms with E-state index < -0.39 is 3.24 Å². The van der Waals surface area contributed by atoms with Crippen LogP contribution < -0.4 is 0 Å². The number of nitriles is 1. The van der Waals surface area contributed by atoms with Crippen molar-refractivity contribution in [3.05, 3.63) is 35.4 Å². The average Bonchev–Trinajstić information content (AvgIpc) is 2.03. The zero-order valence-electron chi connectivity index (χ0n) is 5.89. The SMILES string of the molecule is N#Cc1ccccc1C(Cl)(Cl)Br. The van der Waals surface area contributed by atoms with E-state index in [1.807, 2.05) is 6.07 Å². The summed E-state index contributed by atoms with van der Waals surface area (Å²) in [5.41, 5.74) is 1.04. The van der Waals surface area contributed by atoms with E-state index in [4.69, 9.17) is 28.5 Å². The Morgan fingerprint density at radius 3 is 2.33 bits per heavy atom. The van der Waals surface area contributed by atoms with Gasteiger partial charge in [-0.05, 0) is 22.0 Å². The molecule has 0 aliphatic heterocycles. The van der Waals surface area contributed by atoms with E-state index in [0.717, 1.165) is 0 Å². The second-order valence-electron chi connectivity index (χ2n) is 2.16. The third-order valence-corrected chi connectivity index (χ3v) is 2.19. The zero-order chi connectivity index (χ0) is 9.19. The highest BCUT2D eigenvalue weighted by Crippen LogP contribution is 2.41. The van der Waals surface area contributed by atoms with Crippen molar-refractivity contribution in [2.45, 2.75) is 3.24 Å². The van der Waals surface area contributed by atoms with Crippen LogP contribution in [-0.2, 0) is 3.24 Å². The Balaban J connectivity index is 3.26. The van der Waals surface area contributed by atoms with E-state index in [1.54, 1.807) is 24.3 Å². The fourth-order valence-electron chi connectivity index (χ4n) is 0.828. The van der Waals surface area contributed by atoms with Crippen LogP contribution in [0.15, 0.2) is 24.3 Å². The quantitative estimate of drug-likeness (QED) is 0.712. The molecule has 0 aliphatic rings. The summed E-state index contributed by atoms with van der Waals surface area (Å²) < 4.78 is -1.18. The lowest BCUT2D eigenvalue weighted by Gasteiger charge is -2.12. The van der Waals surface area contributed by atoms with E-state index in [9.17, 15) is 0 Å². The van der Waals surface area contributed by atoms with Crippen molar-refractivity contribution in [1.82, 2.24) is 0 Å². The minimum atomic E-state index is -1.18. The van der Waals surface area contributed by atoms with E-state index >= 15 is 0 Å². The largest absolute Gasteiger partial charge is 0.198 e. The van der Waals surface area contributed by atoms with Gasteiger partial charge in [-0.25, -0.2) is 0 Å². The molecule has 0 unspecified atom stereocenters. The van der Waals surface area contributed by atoms with Gasteiger partial charge < -0.3 is 0 Å². The Kier molecular flexibility index (Phi) is 3.00. The Bertz CT molecular complexity index is 325. The third-order valence-electron chi connectivity index (χ3n) is 1.35. The van der Waals surface area contributed by atoms with E-state index in [2.05, 4.69) is 15.9 Å². The molecule has 0 bridgehead atoms. The minimum absolute atomic E-state index is 0.472. The molecular formula is C8H4BrCl2N. The first-order valence-corrected chi connectivity index (χ1v) is 4.67. The first-order chi connectivity index (χ1) is 5.55. The van der Waals surface area contributed by atoms with Crippen LogP contribution in [0.1, 0.15) is 11.1 Å².